The van der Waals surface area contributed by atoms with Crippen molar-refractivity contribution in [2.45, 2.75) is 49.7 Å². The highest BCUT2D eigenvalue weighted by Gasteiger charge is 2.23. The summed E-state index contributed by atoms with van der Waals surface area (Å²) in [5, 5.41) is 9.36. The molecular formula is C14H21N3O2S. The molecule has 0 radical (unpaired) electrons. The first-order valence-corrected chi connectivity index (χ1v) is 7.98. The maximum atomic E-state index is 11.2. The highest BCUT2D eigenvalue weighted by molar-refractivity contribution is 7.99. The second kappa shape index (κ2) is 7.47. The fraction of sp³-hybridized carbons (Fsp3) is 0.643. The molecule has 0 atom stereocenters. The fourth-order valence-electron chi connectivity index (χ4n) is 2.55. The average molecular weight is 295 g/mol. The number of hydrogen-bond acceptors (Lipinski definition) is 5. The van der Waals surface area contributed by atoms with E-state index in [-0.39, 0.29) is 11.7 Å². The molecule has 0 aromatic carbocycles. The number of aromatic nitrogens is 3. The molecule has 1 aliphatic rings. The van der Waals surface area contributed by atoms with E-state index >= 15 is 0 Å². The van der Waals surface area contributed by atoms with E-state index in [1.165, 1.54) is 51.0 Å². The minimum atomic E-state index is -0.248. The Hall–Kier alpha value is -1.30. The largest absolute Gasteiger partial charge is 0.468 e. The van der Waals surface area contributed by atoms with Gasteiger partial charge in [0.2, 0.25) is 0 Å². The SMILES string of the molecule is C=CCn1c(SCC(=O)OC)nnc1C1CCCCC1. The number of methoxy groups -OCH3 is 1. The fourth-order valence-corrected chi connectivity index (χ4v) is 3.34. The van der Waals surface area contributed by atoms with Crippen molar-refractivity contribution in [2.75, 3.05) is 12.9 Å². The van der Waals surface area contributed by atoms with Crippen molar-refractivity contribution >= 4 is 17.7 Å². The smallest absolute Gasteiger partial charge is 0.316 e. The van der Waals surface area contributed by atoms with Gasteiger partial charge in [-0.3, -0.25) is 4.79 Å². The van der Waals surface area contributed by atoms with Crippen LogP contribution in [0.1, 0.15) is 43.8 Å². The molecule has 0 bridgehead atoms. The minimum absolute atomic E-state index is 0.248. The summed E-state index contributed by atoms with van der Waals surface area (Å²) >= 11 is 1.37. The first kappa shape index (κ1) is 15.1. The van der Waals surface area contributed by atoms with Crippen molar-refractivity contribution in [1.82, 2.24) is 14.8 Å². The van der Waals surface area contributed by atoms with Crippen molar-refractivity contribution in [3.05, 3.63) is 18.5 Å². The highest BCUT2D eigenvalue weighted by Crippen LogP contribution is 2.33. The van der Waals surface area contributed by atoms with E-state index in [9.17, 15) is 4.79 Å². The highest BCUT2D eigenvalue weighted by atomic mass is 32.2. The number of ether oxygens (including phenoxy) is 1. The maximum Gasteiger partial charge on any atom is 0.316 e. The predicted octanol–water partition coefficient (Wildman–Crippen LogP) is 2.78. The number of esters is 1. The molecule has 0 spiro atoms. The molecule has 0 aliphatic heterocycles. The first-order chi connectivity index (χ1) is 9.76. The maximum absolute atomic E-state index is 11.2. The molecule has 5 nitrogen and oxygen atoms in total. The van der Waals surface area contributed by atoms with Crippen LogP contribution < -0.4 is 0 Å². The van der Waals surface area contributed by atoms with E-state index in [4.69, 9.17) is 0 Å². The van der Waals surface area contributed by atoms with Crippen LogP contribution in [-0.4, -0.2) is 33.6 Å². The van der Waals surface area contributed by atoms with Crippen LogP contribution in [0.15, 0.2) is 17.8 Å². The number of carbonyl (C=O) groups is 1. The molecule has 1 fully saturated rings. The number of carbonyl (C=O) groups excluding carboxylic acids is 1. The van der Waals surface area contributed by atoms with Crippen LogP contribution in [0.5, 0.6) is 0 Å². The van der Waals surface area contributed by atoms with Crippen LogP contribution in [0, 0.1) is 0 Å². The molecule has 20 heavy (non-hydrogen) atoms. The van der Waals surface area contributed by atoms with Gasteiger partial charge in [0.15, 0.2) is 5.16 Å². The second-order valence-electron chi connectivity index (χ2n) is 4.94. The van der Waals surface area contributed by atoms with Gasteiger partial charge in [-0.05, 0) is 12.8 Å². The van der Waals surface area contributed by atoms with E-state index in [2.05, 4.69) is 26.1 Å². The van der Waals surface area contributed by atoms with Gasteiger partial charge >= 0.3 is 5.97 Å². The molecular weight excluding hydrogens is 274 g/mol. The van der Waals surface area contributed by atoms with Gasteiger partial charge in [-0.1, -0.05) is 37.1 Å². The van der Waals surface area contributed by atoms with Gasteiger partial charge in [0.1, 0.15) is 5.82 Å². The molecule has 110 valence electrons. The van der Waals surface area contributed by atoms with Gasteiger partial charge in [-0.15, -0.1) is 16.8 Å². The Balaban J connectivity index is 2.13. The van der Waals surface area contributed by atoms with Crippen LogP contribution >= 0.6 is 11.8 Å². The van der Waals surface area contributed by atoms with Gasteiger partial charge in [-0.25, -0.2) is 0 Å². The zero-order chi connectivity index (χ0) is 14.4. The summed E-state index contributed by atoms with van der Waals surface area (Å²) in [7, 11) is 1.39. The van der Waals surface area contributed by atoms with Gasteiger partial charge in [0.05, 0.1) is 12.9 Å². The van der Waals surface area contributed by atoms with E-state index in [0.717, 1.165) is 11.0 Å². The van der Waals surface area contributed by atoms with E-state index in [1.807, 2.05) is 6.08 Å². The summed E-state index contributed by atoms with van der Waals surface area (Å²) in [5.41, 5.74) is 0. The molecule has 1 aromatic rings. The van der Waals surface area contributed by atoms with Gasteiger partial charge in [0.25, 0.3) is 0 Å². The van der Waals surface area contributed by atoms with Crippen LogP contribution in [0.25, 0.3) is 0 Å². The van der Waals surface area contributed by atoms with E-state index < -0.39 is 0 Å². The predicted molar refractivity (Wildman–Crippen MR) is 78.8 cm³/mol. The zero-order valence-corrected chi connectivity index (χ0v) is 12.7. The van der Waals surface area contributed by atoms with Crippen molar-refractivity contribution in [3.8, 4) is 0 Å². The van der Waals surface area contributed by atoms with Crippen molar-refractivity contribution in [2.24, 2.45) is 0 Å². The molecule has 1 heterocycles. The number of rotatable bonds is 6. The number of hydrogen-bond donors (Lipinski definition) is 0. The summed E-state index contributed by atoms with van der Waals surface area (Å²) in [6.07, 6.45) is 8.04. The van der Waals surface area contributed by atoms with Crippen molar-refractivity contribution in [1.29, 1.82) is 0 Å². The summed E-state index contributed by atoms with van der Waals surface area (Å²) in [6.45, 7) is 4.48. The molecule has 0 N–H and O–H groups in total. The van der Waals surface area contributed by atoms with Crippen molar-refractivity contribution in [3.63, 3.8) is 0 Å². The van der Waals surface area contributed by atoms with Crippen molar-refractivity contribution < 1.29 is 9.53 Å². The molecule has 6 heteroatoms. The summed E-state index contributed by atoms with van der Waals surface area (Å²) in [4.78, 5) is 11.2. The number of nitrogens with zero attached hydrogens (tertiary/aromatic N) is 3. The number of thioether (sulfide) groups is 1. The first-order valence-electron chi connectivity index (χ1n) is 7.00. The molecule has 0 saturated heterocycles. The Kier molecular flexibility index (Phi) is 5.64. The summed E-state index contributed by atoms with van der Waals surface area (Å²) in [5.74, 6) is 1.54. The molecule has 0 amide bonds. The second-order valence-corrected chi connectivity index (χ2v) is 5.88. The third-order valence-electron chi connectivity index (χ3n) is 3.57. The number of allylic oxidation sites excluding steroid dienone is 1. The molecule has 1 aliphatic carbocycles. The zero-order valence-electron chi connectivity index (χ0n) is 11.9. The van der Waals surface area contributed by atoms with Crippen LogP contribution in [0.4, 0.5) is 0 Å². The van der Waals surface area contributed by atoms with E-state index in [0.29, 0.717) is 12.5 Å². The van der Waals surface area contributed by atoms with E-state index in [1.54, 1.807) is 0 Å². The summed E-state index contributed by atoms with van der Waals surface area (Å²) in [6, 6.07) is 0. The van der Waals surface area contributed by atoms with Crippen LogP contribution in [0.3, 0.4) is 0 Å². The van der Waals surface area contributed by atoms with Crippen LogP contribution in [-0.2, 0) is 16.1 Å². The molecule has 1 saturated carbocycles. The Labute approximate surface area is 123 Å². The normalized spacial score (nSPS) is 16.1. The lowest BCUT2D eigenvalue weighted by atomic mass is 9.89. The van der Waals surface area contributed by atoms with Gasteiger partial charge in [0, 0.05) is 12.5 Å². The Bertz CT molecular complexity index is 467. The van der Waals surface area contributed by atoms with Gasteiger partial charge in [-0.2, -0.15) is 0 Å². The molecule has 1 aromatic heterocycles. The summed E-state index contributed by atoms with van der Waals surface area (Å²) < 4.78 is 6.74. The Morgan fingerprint density at radius 2 is 2.20 bits per heavy atom. The lowest BCUT2D eigenvalue weighted by Crippen LogP contribution is -2.13. The lowest BCUT2D eigenvalue weighted by molar-refractivity contribution is -0.137. The Morgan fingerprint density at radius 1 is 1.45 bits per heavy atom. The topological polar surface area (TPSA) is 57.0 Å². The average Bonchev–Trinajstić information content (AvgIpc) is 2.89. The monoisotopic (exact) mass is 295 g/mol. The third-order valence-corrected chi connectivity index (χ3v) is 4.51. The minimum Gasteiger partial charge on any atom is -0.468 e. The Morgan fingerprint density at radius 3 is 2.85 bits per heavy atom. The third kappa shape index (κ3) is 3.62. The lowest BCUT2D eigenvalue weighted by Gasteiger charge is -2.21. The quantitative estimate of drug-likeness (QED) is 0.459. The van der Waals surface area contributed by atoms with Gasteiger partial charge < -0.3 is 9.30 Å². The molecule has 0 unspecified atom stereocenters. The molecule has 2 rings (SSSR count). The standard InChI is InChI=1S/C14H21N3O2S/c1-3-9-17-13(11-7-5-4-6-8-11)15-16-14(17)20-10-12(18)19-2/h3,11H,1,4-10H2,2H3. The van der Waals surface area contributed by atoms with Crippen LogP contribution in [0.2, 0.25) is 0 Å².